The van der Waals surface area contributed by atoms with Crippen LogP contribution in [0.2, 0.25) is 5.02 Å². The first-order valence-electron chi connectivity index (χ1n) is 6.17. The highest BCUT2D eigenvalue weighted by Crippen LogP contribution is 2.29. The average Bonchev–Trinajstić information content (AvgIpc) is 2.38. The minimum Gasteiger partial charge on any atom is -0.373 e. The van der Waals surface area contributed by atoms with Gasteiger partial charge in [-0.25, -0.2) is 8.78 Å². The Hall–Kier alpha value is -1.13. The fourth-order valence-electron chi connectivity index (χ4n) is 2.00. The van der Waals surface area contributed by atoms with Gasteiger partial charge in [0, 0.05) is 9.50 Å². The molecule has 1 atom stereocenters. The molecule has 0 fully saturated rings. The monoisotopic (exact) mass is 359 g/mol. The summed E-state index contributed by atoms with van der Waals surface area (Å²) in [7, 11) is 0. The van der Waals surface area contributed by atoms with Crippen molar-refractivity contribution in [3.05, 3.63) is 63.1 Å². The van der Waals surface area contributed by atoms with Gasteiger partial charge in [-0.1, -0.05) is 46.6 Å². The lowest BCUT2D eigenvalue weighted by Crippen LogP contribution is -2.12. The van der Waals surface area contributed by atoms with Crippen LogP contribution in [0.25, 0.3) is 0 Å². The molecule has 2 aromatic carbocycles. The van der Waals surface area contributed by atoms with Gasteiger partial charge in [-0.15, -0.1) is 0 Å². The summed E-state index contributed by atoms with van der Waals surface area (Å²) >= 11 is 9.01. The van der Waals surface area contributed by atoms with E-state index in [1.165, 1.54) is 12.1 Å². The van der Waals surface area contributed by atoms with Crippen LogP contribution in [0.15, 0.2) is 40.9 Å². The zero-order chi connectivity index (χ0) is 14.7. The summed E-state index contributed by atoms with van der Waals surface area (Å²) in [5, 5.41) is 3.50. The van der Waals surface area contributed by atoms with Gasteiger partial charge in [0.05, 0.1) is 6.04 Å². The van der Waals surface area contributed by atoms with Crippen molar-refractivity contribution >= 4 is 33.2 Å². The molecule has 1 N–H and O–H groups in total. The topological polar surface area (TPSA) is 12.0 Å². The van der Waals surface area contributed by atoms with Gasteiger partial charge in [0.1, 0.15) is 17.3 Å². The van der Waals surface area contributed by atoms with Crippen molar-refractivity contribution < 1.29 is 8.78 Å². The normalized spacial score (nSPS) is 12.2. The van der Waals surface area contributed by atoms with Crippen LogP contribution in [0.1, 0.15) is 24.9 Å². The molecule has 0 saturated heterocycles. The molecule has 0 aliphatic rings. The molecular weight excluding hydrogens is 348 g/mol. The molecule has 2 rings (SSSR count). The summed E-state index contributed by atoms with van der Waals surface area (Å²) in [5.74, 6) is -1.25. The van der Waals surface area contributed by atoms with E-state index in [2.05, 4.69) is 21.2 Å². The van der Waals surface area contributed by atoms with Crippen molar-refractivity contribution in [3.63, 3.8) is 0 Å². The standard InChI is InChI=1S/C15H13BrClF2N/c1-2-14(9-4-3-5-11(17)6-9)20-15-12(18)7-10(16)8-13(15)19/h3-8,14,20H,2H2,1H3. The maximum absolute atomic E-state index is 13.8. The van der Waals surface area contributed by atoms with E-state index in [0.29, 0.717) is 15.9 Å². The van der Waals surface area contributed by atoms with Gasteiger partial charge in [0.2, 0.25) is 0 Å². The van der Waals surface area contributed by atoms with E-state index in [4.69, 9.17) is 11.6 Å². The van der Waals surface area contributed by atoms with Gasteiger partial charge >= 0.3 is 0 Å². The SMILES string of the molecule is CCC(Nc1c(F)cc(Br)cc1F)c1cccc(Cl)c1. The van der Waals surface area contributed by atoms with Crippen LogP contribution in [0, 0.1) is 11.6 Å². The van der Waals surface area contributed by atoms with E-state index < -0.39 is 11.6 Å². The van der Waals surface area contributed by atoms with Crippen molar-refractivity contribution in [3.8, 4) is 0 Å². The Balaban J connectivity index is 2.32. The summed E-state index contributed by atoms with van der Waals surface area (Å²) in [6.45, 7) is 1.94. The van der Waals surface area contributed by atoms with Crippen LogP contribution >= 0.6 is 27.5 Å². The van der Waals surface area contributed by atoms with Gasteiger partial charge < -0.3 is 5.32 Å². The lowest BCUT2D eigenvalue weighted by atomic mass is 10.0. The van der Waals surface area contributed by atoms with E-state index in [1.807, 2.05) is 19.1 Å². The summed E-state index contributed by atoms with van der Waals surface area (Å²) in [4.78, 5) is 0. The first-order valence-corrected chi connectivity index (χ1v) is 7.35. The van der Waals surface area contributed by atoms with Gasteiger partial charge in [-0.05, 0) is 36.2 Å². The van der Waals surface area contributed by atoms with Crippen LogP contribution in [0.3, 0.4) is 0 Å². The third-order valence-corrected chi connectivity index (χ3v) is 3.68. The molecule has 1 unspecified atom stereocenters. The second-order valence-electron chi connectivity index (χ2n) is 4.40. The van der Waals surface area contributed by atoms with E-state index in [1.54, 1.807) is 12.1 Å². The predicted octanol–water partition coefficient (Wildman–Crippen LogP) is 5.94. The van der Waals surface area contributed by atoms with E-state index >= 15 is 0 Å². The highest BCUT2D eigenvalue weighted by molar-refractivity contribution is 9.10. The van der Waals surface area contributed by atoms with Gasteiger partial charge in [-0.3, -0.25) is 0 Å². The number of benzene rings is 2. The van der Waals surface area contributed by atoms with Crippen molar-refractivity contribution in [2.45, 2.75) is 19.4 Å². The molecule has 2 aromatic rings. The second-order valence-corrected chi connectivity index (χ2v) is 5.76. The maximum Gasteiger partial charge on any atom is 0.150 e. The Morgan fingerprint density at radius 3 is 2.40 bits per heavy atom. The van der Waals surface area contributed by atoms with Crippen LogP contribution in [0.5, 0.6) is 0 Å². The molecule has 0 bridgehead atoms. The molecule has 20 heavy (non-hydrogen) atoms. The predicted molar refractivity (Wildman–Crippen MR) is 82.2 cm³/mol. The number of nitrogens with one attached hydrogen (secondary N) is 1. The van der Waals surface area contributed by atoms with Crippen LogP contribution in [-0.4, -0.2) is 0 Å². The maximum atomic E-state index is 13.8. The Kier molecular flexibility index (Phi) is 5.00. The first kappa shape index (κ1) is 15.3. The van der Waals surface area contributed by atoms with Gasteiger partial charge in [-0.2, -0.15) is 0 Å². The van der Waals surface area contributed by atoms with Gasteiger partial charge in [0.25, 0.3) is 0 Å². The van der Waals surface area contributed by atoms with Crippen LogP contribution < -0.4 is 5.32 Å². The summed E-state index contributed by atoms with van der Waals surface area (Å²) in [6.07, 6.45) is 0.676. The fourth-order valence-corrected chi connectivity index (χ4v) is 2.60. The zero-order valence-corrected chi connectivity index (χ0v) is 13.1. The molecule has 0 saturated carbocycles. The molecule has 0 spiro atoms. The Morgan fingerprint density at radius 1 is 1.20 bits per heavy atom. The largest absolute Gasteiger partial charge is 0.373 e. The minimum absolute atomic E-state index is 0.125. The molecule has 0 heterocycles. The van der Waals surface area contributed by atoms with Crippen molar-refractivity contribution in [1.29, 1.82) is 0 Å². The molecule has 5 heteroatoms. The summed E-state index contributed by atoms with van der Waals surface area (Å²) < 4.78 is 28.1. The van der Waals surface area contributed by atoms with E-state index in [0.717, 1.165) is 5.56 Å². The van der Waals surface area contributed by atoms with Crippen LogP contribution in [0.4, 0.5) is 14.5 Å². The zero-order valence-electron chi connectivity index (χ0n) is 10.8. The number of hydrogen-bond acceptors (Lipinski definition) is 1. The smallest absolute Gasteiger partial charge is 0.150 e. The number of anilines is 1. The van der Waals surface area contributed by atoms with Crippen LogP contribution in [-0.2, 0) is 0 Å². The molecule has 0 radical (unpaired) electrons. The molecule has 1 nitrogen and oxygen atoms in total. The Bertz CT molecular complexity index is 596. The number of hydrogen-bond donors (Lipinski definition) is 1. The third kappa shape index (κ3) is 3.49. The quantitative estimate of drug-likeness (QED) is 0.711. The van der Waals surface area contributed by atoms with Crippen molar-refractivity contribution in [2.75, 3.05) is 5.32 Å². The van der Waals surface area contributed by atoms with Crippen molar-refractivity contribution in [1.82, 2.24) is 0 Å². The molecule has 0 aliphatic heterocycles. The van der Waals surface area contributed by atoms with E-state index in [9.17, 15) is 8.78 Å². The highest BCUT2D eigenvalue weighted by atomic mass is 79.9. The minimum atomic E-state index is -0.627. The molecule has 0 aliphatic carbocycles. The number of rotatable bonds is 4. The Labute approximate surface area is 130 Å². The lowest BCUT2D eigenvalue weighted by molar-refractivity contribution is 0.579. The molecule has 0 amide bonds. The second kappa shape index (κ2) is 6.55. The highest BCUT2D eigenvalue weighted by Gasteiger charge is 2.16. The average molecular weight is 361 g/mol. The summed E-state index contributed by atoms with van der Waals surface area (Å²) in [6, 6.07) is 9.50. The first-order chi connectivity index (χ1) is 9.51. The van der Waals surface area contributed by atoms with Gasteiger partial charge in [0.15, 0.2) is 0 Å². The van der Waals surface area contributed by atoms with Crippen molar-refractivity contribution in [2.24, 2.45) is 0 Å². The third-order valence-electron chi connectivity index (χ3n) is 2.98. The molecular formula is C15H13BrClF2N. The molecule has 0 aromatic heterocycles. The number of halogens is 4. The summed E-state index contributed by atoms with van der Waals surface area (Å²) in [5.41, 5.74) is 0.766. The van der Waals surface area contributed by atoms with E-state index in [-0.39, 0.29) is 11.7 Å². The Morgan fingerprint density at radius 2 is 1.85 bits per heavy atom. The lowest BCUT2D eigenvalue weighted by Gasteiger charge is -2.20. The molecule has 106 valence electrons. The fraction of sp³-hybridized carbons (Fsp3) is 0.200.